The standard InChI is InChI=1S/C2H5O5P.2Na.2H/c3-2(4)1-8(5,6)7;;;;/h1H2,(H,3,4)(H2,5,6,7);;;;. The molecule has 0 aliphatic heterocycles. The fraction of sp³-hybridized carbons (Fsp3) is 0.500. The Bertz CT molecular complexity index is 141. The summed E-state index contributed by atoms with van der Waals surface area (Å²) in [4.78, 5) is 25.4. The summed E-state index contributed by atoms with van der Waals surface area (Å²) in [5.74, 6) is -1.49. The van der Waals surface area contributed by atoms with E-state index in [4.69, 9.17) is 14.9 Å². The van der Waals surface area contributed by atoms with Crippen LogP contribution in [0.4, 0.5) is 0 Å². The van der Waals surface area contributed by atoms with Crippen LogP contribution in [0, 0.1) is 0 Å². The van der Waals surface area contributed by atoms with Crippen molar-refractivity contribution in [3.63, 3.8) is 0 Å². The summed E-state index contributed by atoms with van der Waals surface area (Å²) < 4.78 is 9.76. The van der Waals surface area contributed by atoms with Gasteiger partial charge in [0.1, 0.15) is 6.16 Å². The number of carboxylic acid groups (broad SMARTS) is 1. The molecule has 0 spiro atoms. The fourth-order valence-corrected chi connectivity index (χ4v) is 0.529. The predicted molar refractivity (Wildman–Crippen MR) is 38.8 cm³/mol. The van der Waals surface area contributed by atoms with E-state index in [0.29, 0.717) is 0 Å². The van der Waals surface area contributed by atoms with Crippen molar-refractivity contribution in [3.8, 4) is 0 Å². The van der Waals surface area contributed by atoms with Gasteiger partial charge in [0.25, 0.3) is 0 Å². The number of aliphatic carboxylic acids is 1. The fourth-order valence-electron chi connectivity index (χ4n) is 0.176. The van der Waals surface area contributed by atoms with Crippen molar-refractivity contribution >= 4 is 72.7 Å². The van der Waals surface area contributed by atoms with Gasteiger partial charge in [-0.2, -0.15) is 0 Å². The minimum atomic E-state index is -4.32. The Labute approximate surface area is 102 Å². The molecule has 0 rings (SSSR count). The molecule has 0 radical (unpaired) electrons. The number of carbonyl (C=O) groups is 1. The van der Waals surface area contributed by atoms with Crippen molar-refractivity contribution in [2.45, 2.75) is 0 Å². The first-order valence-corrected chi connectivity index (χ1v) is 3.48. The summed E-state index contributed by atoms with van der Waals surface area (Å²) in [5, 5.41) is 7.76. The Morgan fingerprint density at radius 3 is 1.60 bits per heavy atom. The summed E-state index contributed by atoms with van der Waals surface area (Å²) >= 11 is 0. The summed E-state index contributed by atoms with van der Waals surface area (Å²) in [6, 6.07) is 0. The van der Waals surface area contributed by atoms with Crippen LogP contribution in [0.3, 0.4) is 0 Å². The van der Waals surface area contributed by atoms with Crippen LogP contribution in [0.5, 0.6) is 0 Å². The summed E-state index contributed by atoms with van der Waals surface area (Å²) in [6.45, 7) is 0. The van der Waals surface area contributed by atoms with Crippen molar-refractivity contribution < 1.29 is 24.3 Å². The first-order valence-electron chi connectivity index (χ1n) is 1.68. The van der Waals surface area contributed by atoms with Crippen LogP contribution in [-0.2, 0) is 9.36 Å². The van der Waals surface area contributed by atoms with Crippen LogP contribution in [0.1, 0.15) is 0 Å². The van der Waals surface area contributed by atoms with Gasteiger partial charge >= 0.3 is 72.7 Å². The summed E-state index contributed by atoms with van der Waals surface area (Å²) in [6.07, 6.45) is -1.09. The Balaban J connectivity index is -0.000000245. The summed E-state index contributed by atoms with van der Waals surface area (Å²) in [7, 11) is -4.32. The van der Waals surface area contributed by atoms with Gasteiger partial charge < -0.3 is 14.9 Å². The Hall–Kier alpha value is 1.62. The molecule has 0 bridgehead atoms. The summed E-state index contributed by atoms with van der Waals surface area (Å²) in [5.41, 5.74) is 0. The van der Waals surface area contributed by atoms with Gasteiger partial charge in [-0.3, -0.25) is 9.36 Å². The van der Waals surface area contributed by atoms with E-state index >= 15 is 0 Å². The molecule has 0 aromatic rings. The first-order chi connectivity index (χ1) is 3.42. The minimum absolute atomic E-state index is 0. The molecular weight excluding hydrogens is 181 g/mol. The average molecular weight is 188 g/mol. The van der Waals surface area contributed by atoms with Crippen LogP contribution in [0.15, 0.2) is 0 Å². The zero-order valence-corrected chi connectivity index (χ0v) is 4.71. The second-order valence-electron chi connectivity index (χ2n) is 1.22. The molecule has 5 nitrogen and oxygen atoms in total. The Morgan fingerprint density at radius 1 is 1.30 bits per heavy atom. The SMILES string of the molecule is O=C(O)CP(=O)(O)O.[NaH].[NaH]. The zero-order chi connectivity index (χ0) is 6.78. The second kappa shape index (κ2) is 7.28. The van der Waals surface area contributed by atoms with Crippen LogP contribution in [0.2, 0.25) is 0 Å². The number of hydrogen-bond acceptors (Lipinski definition) is 2. The molecule has 8 heteroatoms. The molecule has 52 valence electrons. The van der Waals surface area contributed by atoms with Crippen LogP contribution in [-0.4, -0.2) is 86.1 Å². The van der Waals surface area contributed by atoms with E-state index in [1.807, 2.05) is 0 Å². The van der Waals surface area contributed by atoms with Gasteiger partial charge in [-0.25, -0.2) is 0 Å². The first kappa shape index (κ1) is 17.6. The molecule has 0 aliphatic rings. The van der Waals surface area contributed by atoms with E-state index in [9.17, 15) is 9.36 Å². The molecule has 0 fully saturated rings. The van der Waals surface area contributed by atoms with Gasteiger partial charge in [-0.1, -0.05) is 0 Å². The van der Waals surface area contributed by atoms with Crippen molar-refractivity contribution in [1.29, 1.82) is 0 Å². The van der Waals surface area contributed by atoms with E-state index in [1.165, 1.54) is 0 Å². The predicted octanol–water partition coefficient (Wildman–Crippen LogP) is -2.05. The van der Waals surface area contributed by atoms with E-state index in [2.05, 4.69) is 0 Å². The molecule has 0 atom stereocenters. The van der Waals surface area contributed by atoms with Crippen LogP contribution >= 0.6 is 7.60 Å². The number of hydrogen-bond donors (Lipinski definition) is 3. The van der Waals surface area contributed by atoms with Gasteiger partial charge in [0.15, 0.2) is 0 Å². The molecule has 3 N–H and O–H groups in total. The van der Waals surface area contributed by atoms with Crippen LogP contribution in [0.25, 0.3) is 0 Å². The quantitative estimate of drug-likeness (QED) is 0.342. The normalized spacial score (nSPS) is 9.00. The molecule has 0 unspecified atom stereocenters. The third-order valence-corrected chi connectivity index (χ3v) is 1.02. The van der Waals surface area contributed by atoms with Crippen LogP contribution < -0.4 is 0 Å². The molecule has 0 saturated carbocycles. The number of carboxylic acids is 1. The second-order valence-corrected chi connectivity index (χ2v) is 2.86. The molecule has 0 saturated heterocycles. The van der Waals surface area contributed by atoms with E-state index in [-0.39, 0.29) is 59.1 Å². The van der Waals surface area contributed by atoms with Crippen molar-refractivity contribution in [3.05, 3.63) is 0 Å². The Kier molecular flexibility index (Phi) is 12.8. The molecule has 0 aromatic carbocycles. The Morgan fingerprint density at radius 2 is 1.60 bits per heavy atom. The van der Waals surface area contributed by atoms with Crippen molar-refractivity contribution in [2.75, 3.05) is 6.16 Å². The third kappa shape index (κ3) is 16.3. The molecule has 0 aliphatic carbocycles. The zero-order valence-electron chi connectivity index (χ0n) is 3.81. The molecule has 10 heavy (non-hydrogen) atoms. The topological polar surface area (TPSA) is 94.8 Å². The van der Waals surface area contributed by atoms with Gasteiger partial charge in [0.05, 0.1) is 0 Å². The molecular formula is C2H7Na2O5P. The van der Waals surface area contributed by atoms with E-state index in [0.717, 1.165) is 0 Å². The number of rotatable bonds is 2. The molecule has 0 aromatic heterocycles. The van der Waals surface area contributed by atoms with Crippen molar-refractivity contribution in [1.82, 2.24) is 0 Å². The van der Waals surface area contributed by atoms with Gasteiger partial charge in [0.2, 0.25) is 0 Å². The average Bonchev–Trinajstić information content (AvgIpc) is 1.21. The van der Waals surface area contributed by atoms with E-state index < -0.39 is 19.7 Å². The van der Waals surface area contributed by atoms with Gasteiger partial charge in [-0.05, 0) is 0 Å². The molecule has 0 heterocycles. The third-order valence-electron chi connectivity index (χ3n) is 0.341. The van der Waals surface area contributed by atoms with Crippen molar-refractivity contribution in [2.24, 2.45) is 0 Å². The maximum atomic E-state index is 9.76. The monoisotopic (exact) mass is 188 g/mol. The van der Waals surface area contributed by atoms with E-state index in [1.54, 1.807) is 0 Å². The van der Waals surface area contributed by atoms with Gasteiger partial charge in [0, 0.05) is 0 Å². The molecule has 0 amide bonds. The maximum absolute atomic E-state index is 9.76. The van der Waals surface area contributed by atoms with Gasteiger partial charge in [-0.15, -0.1) is 0 Å².